The molecule has 0 bridgehead atoms. The van der Waals surface area contributed by atoms with Gasteiger partial charge in [-0.1, -0.05) is 0 Å². The standard InChI is InChI=1S/Au.Ir.Pt.Ru. The quantitative estimate of drug-likeness (QED) is 0.316. The second kappa shape index (κ2) is 17.3. The average Bonchev–Trinajstić information content (AvgIpc) is 0. The molecule has 0 nitrogen and oxygen atoms in total. The first kappa shape index (κ1) is 29.9. The maximum absolute atomic E-state index is 0. The van der Waals surface area contributed by atoms with Crippen LogP contribution in [0, 0.1) is 0 Å². The summed E-state index contributed by atoms with van der Waals surface area (Å²) in [4.78, 5) is 0. The van der Waals surface area contributed by atoms with Crippen molar-refractivity contribution in [1.82, 2.24) is 0 Å². The Bertz CT molecular complexity index is 8.00. The molecule has 4 heteroatoms. The molecule has 2 radical (unpaired) electrons. The summed E-state index contributed by atoms with van der Waals surface area (Å²) >= 11 is 0. The van der Waals surface area contributed by atoms with E-state index in [0.29, 0.717) is 0 Å². The first-order chi connectivity index (χ1) is 0. The minimum atomic E-state index is 0. The molecule has 0 aromatic heterocycles. The van der Waals surface area contributed by atoms with Gasteiger partial charge in [-0.25, -0.2) is 0 Å². The van der Waals surface area contributed by atoms with Crippen LogP contribution >= 0.6 is 0 Å². The van der Waals surface area contributed by atoms with Crippen LogP contribution in [-0.2, 0) is 83.0 Å². The molecular formula is AuIrPtRu. The smallest absolute Gasteiger partial charge is 0 e. The fourth-order valence-electron chi connectivity index (χ4n) is 0. The van der Waals surface area contributed by atoms with Crippen molar-refractivity contribution in [1.29, 1.82) is 0 Å². The monoisotopic (exact) mass is 687 g/mol. The third-order valence-corrected chi connectivity index (χ3v) is 0. The molecule has 0 atom stereocenters. The predicted octanol–water partition coefficient (Wildman–Crippen LogP) is -0.0100. The fraction of sp³-hybridized carbons (Fsp3) is 0. The van der Waals surface area contributed by atoms with Crippen LogP contribution in [0.25, 0.3) is 0 Å². The molecule has 0 spiro atoms. The van der Waals surface area contributed by atoms with Crippen LogP contribution in [-0.4, -0.2) is 0 Å². The van der Waals surface area contributed by atoms with Gasteiger partial charge in [0.1, 0.15) is 0 Å². The molecule has 0 saturated heterocycles. The van der Waals surface area contributed by atoms with Crippen LogP contribution < -0.4 is 0 Å². The molecule has 0 aromatic rings. The van der Waals surface area contributed by atoms with Gasteiger partial charge < -0.3 is 0 Å². The van der Waals surface area contributed by atoms with Crippen molar-refractivity contribution < 1.29 is 83.0 Å². The normalized spacial score (nSPS) is 0. The third kappa shape index (κ3) is 8.83. The van der Waals surface area contributed by atoms with Gasteiger partial charge in [-0.05, 0) is 0 Å². The number of rotatable bonds is 0. The molecule has 0 heterocycles. The van der Waals surface area contributed by atoms with Crippen molar-refractivity contribution >= 4 is 0 Å². The molecule has 4 heavy (non-hydrogen) atoms. The molecule has 0 unspecified atom stereocenters. The van der Waals surface area contributed by atoms with Gasteiger partial charge in [0.2, 0.25) is 0 Å². The molecule has 0 aliphatic rings. The maximum atomic E-state index is 0. The Hall–Kier alpha value is 2.70. The zero-order chi connectivity index (χ0) is 0. The van der Waals surface area contributed by atoms with E-state index < -0.39 is 0 Å². The minimum absolute atomic E-state index is 0. The van der Waals surface area contributed by atoms with Crippen molar-refractivity contribution in [2.75, 3.05) is 0 Å². The molecule has 0 amide bonds. The SMILES string of the molecule is [Au].[Ir].[Pt].[Ru]. The molecule has 0 saturated carbocycles. The number of hydrogen-bond acceptors (Lipinski definition) is 0. The van der Waals surface area contributed by atoms with Crippen molar-refractivity contribution in [3.05, 3.63) is 0 Å². The second-order valence-corrected chi connectivity index (χ2v) is 0. The Morgan fingerprint density at radius 3 is 1.00 bits per heavy atom. The van der Waals surface area contributed by atoms with Gasteiger partial charge in [-0.3, -0.25) is 0 Å². The summed E-state index contributed by atoms with van der Waals surface area (Å²) in [6, 6.07) is 0. The summed E-state index contributed by atoms with van der Waals surface area (Å²) in [7, 11) is 0. The number of hydrogen-bond donors (Lipinski definition) is 0. The van der Waals surface area contributed by atoms with E-state index >= 15 is 0 Å². The molecular weight excluding hydrogens is 685 g/mol. The fourth-order valence-corrected chi connectivity index (χ4v) is 0. The van der Waals surface area contributed by atoms with E-state index in [1.807, 2.05) is 0 Å². The van der Waals surface area contributed by atoms with Gasteiger partial charge in [-0.2, -0.15) is 0 Å². The molecule has 0 aliphatic heterocycles. The van der Waals surface area contributed by atoms with Gasteiger partial charge in [0.05, 0.1) is 0 Å². The van der Waals surface area contributed by atoms with E-state index in [1.54, 1.807) is 0 Å². The zero-order valence-corrected chi connectivity index (χ0v) is 9.88. The van der Waals surface area contributed by atoms with Crippen LogP contribution in [0.3, 0.4) is 0 Å². The Kier molecular flexibility index (Phi) is 129. The molecule has 0 aromatic carbocycles. The van der Waals surface area contributed by atoms with Crippen molar-refractivity contribution in [3.8, 4) is 0 Å². The summed E-state index contributed by atoms with van der Waals surface area (Å²) < 4.78 is 0. The first-order valence-electron chi connectivity index (χ1n) is 0. The molecule has 38 valence electrons. The van der Waals surface area contributed by atoms with E-state index in [9.17, 15) is 0 Å². The summed E-state index contributed by atoms with van der Waals surface area (Å²) in [5.41, 5.74) is 0. The van der Waals surface area contributed by atoms with Gasteiger partial charge >= 0.3 is 0 Å². The summed E-state index contributed by atoms with van der Waals surface area (Å²) in [6.45, 7) is 0. The molecule has 0 N–H and O–H groups in total. The first-order valence-corrected chi connectivity index (χ1v) is 0. The van der Waals surface area contributed by atoms with Gasteiger partial charge in [-0.15, -0.1) is 0 Å². The minimum Gasteiger partial charge on any atom is 0 e. The van der Waals surface area contributed by atoms with E-state index in [1.165, 1.54) is 0 Å². The maximum Gasteiger partial charge on any atom is 0 e. The Morgan fingerprint density at radius 2 is 1.00 bits per heavy atom. The Balaban J connectivity index is 0. The third-order valence-electron chi connectivity index (χ3n) is 0. The predicted molar refractivity (Wildman–Crippen MR) is 0 cm³/mol. The van der Waals surface area contributed by atoms with Gasteiger partial charge in [0.25, 0.3) is 0 Å². The Morgan fingerprint density at radius 1 is 1.00 bits per heavy atom. The summed E-state index contributed by atoms with van der Waals surface area (Å²) in [5.74, 6) is 0. The second-order valence-electron chi connectivity index (χ2n) is 0. The summed E-state index contributed by atoms with van der Waals surface area (Å²) in [6.07, 6.45) is 0. The van der Waals surface area contributed by atoms with Crippen molar-refractivity contribution in [2.45, 2.75) is 0 Å². The molecule has 0 fully saturated rings. The van der Waals surface area contributed by atoms with Crippen LogP contribution in [0.4, 0.5) is 0 Å². The molecule has 0 rings (SSSR count). The van der Waals surface area contributed by atoms with Crippen LogP contribution in [0.1, 0.15) is 0 Å². The van der Waals surface area contributed by atoms with E-state index in [2.05, 4.69) is 0 Å². The van der Waals surface area contributed by atoms with E-state index in [4.69, 9.17) is 0 Å². The largest absolute Gasteiger partial charge is 0 e. The van der Waals surface area contributed by atoms with Crippen molar-refractivity contribution in [2.24, 2.45) is 0 Å². The van der Waals surface area contributed by atoms with Crippen molar-refractivity contribution in [3.63, 3.8) is 0 Å². The van der Waals surface area contributed by atoms with Gasteiger partial charge in [0.15, 0.2) is 0 Å². The Labute approximate surface area is 81.8 Å². The van der Waals surface area contributed by atoms with E-state index in [0.717, 1.165) is 0 Å². The summed E-state index contributed by atoms with van der Waals surface area (Å²) in [5, 5.41) is 0. The van der Waals surface area contributed by atoms with E-state index in [-0.39, 0.29) is 83.0 Å². The zero-order valence-electron chi connectivity index (χ0n) is 1.30. The van der Waals surface area contributed by atoms with Crippen LogP contribution in [0.15, 0.2) is 0 Å². The topological polar surface area (TPSA) is 0 Å². The van der Waals surface area contributed by atoms with Crippen LogP contribution in [0.5, 0.6) is 0 Å². The molecule has 0 aliphatic carbocycles. The van der Waals surface area contributed by atoms with Gasteiger partial charge in [0, 0.05) is 83.0 Å². The van der Waals surface area contributed by atoms with Crippen LogP contribution in [0.2, 0.25) is 0 Å². The average molecular weight is 685 g/mol.